The summed E-state index contributed by atoms with van der Waals surface area (Å²) in [7, 11) is 0. The first kappa shape index (κ1) is 15.4. The van der Waals surface area contributed by atoms with E-state index >= 15 is 0 Å². The number of aliphatic hydroxyl groups excluding tert-OH is 1. The van der Waals surface area contributed by atoms with Crippen LogP contribution in [0.5, 0.6) is 0 Å². The molecule has 0 aliphatic heterocycles. The second-order valence-electron chi connectivity index (χ2n) is 3.17. The van der Waals surface area contributed by atoms with Crippen molar-refractivity contribution >= 4 is 11.9 Å². The molecule has 0 fully saturated rings. The number of carbonyl (C=O) groups is 2. The predicted octanol–water partition coefficient (Wildman–Crippen LogP) is 0.976. The molecule has 5 nitrogen and oxygen atoms in total. The second-order valence-corrected chi connectivity index (χ2v) is 3.17. The summed E-state index contributed by atoms with van der Waals surface area (Å²) in [5.74, 6) is -1.47. The van der Waals surface area contributed by atoms with Crippen LogP contribution in [-0.4, -0.2) is 36.4 Å². The molecule has 0 aliphatic carbocycles. The van der Waals surface area contributed by atoms with Crippen molar-refractivity contribution in [3.63, 3.8) is 0 Å². The zero-order chi connectivity index (χ0) is 13.1. The molecule has 96 valence electrons. The van der Waals surface area contributed by atoms with Crippen LogP contribution in [0.15, 0.2) is 24.3 Å². The molecule has 0 aromatic heterocycles. The number of hydrogen-bond donors (Lipinski definition) is 1. The molecule has 0 bridgehead atoms. The molecular weight excluding hydrogens is 224 g/mol. The molecule has 0 radical (unpaired) electrons. The van der Waals surface area contributed by atoms with Crippen LogP contribution in [0.4, 0.5) is 0 Å². The molecule has 1 unspecified atom stereocenters. The van der Waals surface area contributed by atoms with Crippen molar-refractivity contribution in [2.24, 2.45) is 0 Å². The lowest BCUT2D eigenvalue weighted by Gasteiger charge is -2.08. The Morgan fingerprint density at radius 2 is 1.65 bits per heavy atom. The Morgan fingerprint density at radius 1 is 1.12 bits per heavy atom. The molecule has 1 N–H and O–H groups in total. The van der Waals surface area contributed by atoms with Gasteiger partial charge in [0.25, 0.3) is 0 Å². The van der Waals surface area contributed by atoms with Gasteiger partial charge >= 0.3 is 11.9 Å². The zero-order valence-electron chi connectivity index (χ0n) is 10.1. The van der Waals surface area contributed by atoms with Crippen LogP contribution in [0, 0.1) is 0 Å². The van der Waals surface area contributed by atoms with E-state index in [1.807, 2.05) is 0 Å². The summed E-state index contributed by atoms with van der Waals surface area (Å²) < 4.78 is 9.39. The first-order valence-electron chi connectivity index (χ1n) is 5.34. The molecule has 0 spiro atoms. The van der Waals surface area contributed by atoms with Crippen molar-refractivity contribution in [3.05, 3.63) is 24.3 Å². The van der Waals surface area contributed by atoms with E-state index in [1.165, 1.54) is 0 Å². The molecule has 0 saturated carbocycles. The van der Waals surface area contributed by atoms with Crippen LogP contribution >= 0.6 is 0 Å². The van der Waals surface area contributed by atoms with Gasteiger partial charge in [0.15, 0.2) is 6.10 Å². The van der Waals surface area contributed by atoms with E-state index in [1.54, 1.807) is 38.2 Å². The third-order valence-corrected chi connectivity index (χ3v) is 1.77. The van der Waals surface area contributed by atoms with Gasteiger partial charge in [-0.1, -0.05) is 24.3 Å². The molecule has 1 atom stereocenters. The Hall–Kier alpha value is -1.62. The van der Waals surface area contributed by atoms with E-state index in [2.05, 4.69) is 4.74 Å². The summed E-state index contributed by atoms with van der Waals surface area (Å²) in [5.41, 5.74) is 0. The summed E-state index contributed by atoms with van der Waals surface area (Å²) in [6, 6.07) is 0. The Balaban J connectivity index is 3.85. The van der Waals surface area contributed by atoms with Crippen LogP contribution < -0.4 is 0 Å². The van der Waals surface area contributed by atoms with E-state index in [-0.39, 0.29) is 13.2 Å². The van der Waals surface area contributed by atoms with Gasteiger partial charge in [0.1, 0.15) is 13.2 Å². The number of aliphatic hydroxyl groups is 1. The molecule has 0 saturated heterocycles. The first-order valence-corrected chi connectivity index (χ1v) is 5.34. The van der Waals surface area contributed by atoms with Crippen molar-refractivity contribution in [1.82, 2.24) is 0 Å². The van der Waals surface area contributed by atoms with Crippen molar-refractivity contribution in [2.75, 3.05) is 13.2 Å². The minimum Gasteiger partial charge on any atom is -0.461 e. The Labute approximate surface area is 101 Å². The molecular formula is C12H18O5. The van der Waals surface area contributed by atoms with Crippen LogP contribution in [0.25, 0.3) is 0 Å². The van der Waals surface area contributed by atoms with E-state index in [4.69, 9.17) is 4.74 Å². The number of hydrogen-bond acceptors (Lipinski definition) is 5. The normalized spacial score (nSPS) is 12.9. The molecule has 0 amide bonds. The van der Waals surface area contributed by atoms with E-state index in [0.29, 0.717) is 0 Å². The predicted molar refractivity (Wildman–Crippen MR) is 62.2 cm³/mol. The highest BCUT2D eigenvalue weighted by Crippen LogP contribution is 1.98. The van der Waals surface area contributed by atoms with Gasteiger partial charge in [0.05, 0.1) is 6.42 Å². The van der Waals surface area contributed by atoms with Crippen LogP contribution in [-0.2, 0) is 19.1 Å². The number of esters is 2. The van der Waals surface area contributed by atoms with Gasteiger partial charge in [-0.2, -0.15) is 0 Å². The van der Waals surface area contributed by atoms with Gasteiger partial charge in [-0.15, -0.1) is 0 Å². The topological polar surface area (TPSA) is 72.8 Å². The van der Waals surface area contributed by atoms with Crippen molar-refractivity contribution < 1.29 is 24.2 Å². The number of allylic oxidation sites excluding steroid dienone is 2. The number of rotatable bonds is 7. The maximum atomic E-state index is 11.2. The van der Waals surface area contributed by atoms with Crippen molar-refractivity contribution in [3.8, 4) is 0 Å². The molecule has 17 heavy (non-hydrogen) atoms. The quantitative estimate of drug-likeness (QED) is 0.532. The average molecular weight is 242 g/mol. The van der Waals surface area contributed by atoms with Gasteiger partial charge in [-0.3, -0.25) is 4.79 Å². The first-order chi connectivity index (χ1) is 8.11. The fraction of sp³-hybridized carbons (Fsp3) is 0.500. The molecule has 0 aliphatic rings. The van der Waals surface area contributed by atoms with Crippen LogP contribution in [0.1, 0.15) is 20.3 Å². The average Bonchev–Trinajstić information content (AvgIpc) is 2.29. The maximum absolute atomic E-state index is 11.2. The van der Waals surface area contributed by atoms with Crippen molar-refractivity contribution in [1.29, 1.82) is 0 Å². The van der Waals surface area contributed by atoms with Gasteiger partial charge < -0.3 is 14.6 Å². The van der Waals surface area contributed by atoms with Crippen LogP contribution in [0.3, 0.4) is 0 Å². The van der Waals surface area contributed by atoms with Gasteiger partial charge in [-0.25, -0.2) is 4.79 Å². The van der Waals surface area contributed by atoms with E-state index in [9.17, 15) is 14.7 Å². The smallest absolute Gasteiger partial charge is 0.335 e. The molecule has 0 rings (SSSR count). The third kappa shape index (κ3) is 8.21. The standard InChI is InChI=1S/C12H18O5/c1-3-5-7-16-11(14)9-10(13)12(15)17-8-6-4-2/h3-6,10,13H,7-9H2,1-2H3. The lowest BCUT2D eigenvalue weighted by atomic mass is 10.2. The van der Waals surface area contributed by atoms with Gasteiger partial charge in [0.2, 0.25) is 0 Å². The summed E-state index contributed by atoms with van der Waals surface area (Å²) in [6.45, 7) is 3.79. The summed E-state index contributed by atoms with van der Waals surface area (Å²) >= 11 is 0. The third-order valence-electron chi connectivity index (χ3n) is 1.77. The summed E-state index contributed by atoms with van der Waals surface area (Å²) in [6.07, 6.45) is 4.84. The number of ether oxygens (including phenoxy) is 2. The van der Waals surface area contributed by atoms with E-state index < -0.39 is 24.5 Å². The minimum absolute atomic E-state index is 0.0833. The Kier molecular flexibility index (Phi) is 8.68. The number of carbonyl (C=O) groups excluding carboxylic acids is 2. The highest BCUT2D eigenvalue weighted by Gasteiger charge is 2.20. The lowest BCUT2D eigenvalue weighted by molar-refractivity contribution is -0.158. The highest BCUT2D eigenvalue weighted by molar-refractivity contribution is 5.81. The van der Waals surface area contributed by atoms with Gasteiger partial charge in [0, 0.05) is 0 Å². The largest absolute Gasteiger partial charge is 0.461 e. The molecule has 0 heterocycles. The van der Waals surface area contributed by atoms with Gasteiger partial charge in [-0.05, 0) is 13.8 Å². The molecule has 5 heteroatoms. The van der Waals surface area contributed by atoms with Crippen LogP contribution in [0.2, 0.25) is 0 Å². The summed E-state index contributed by atoms with van der Waals surface area (Å²) in [5, 5.41) is 9.33. The Morgan fingerprint density at radius 3 is 2.18 bits per heavy atom. The van der Waals surface area contributed by atoms with E-state index in [0.717, 1.165) is 0 Å². The molecule has 0 aromatic rings. The second kappa shape index (κ2) is 9.59. The maximum Gasteiger partial charge on any atom is 0.335 e. The lowest BCUT2D eigenvalue weighted by Crippen LogP contribution is -2.27. The SMILES string of the molecule is CC=CCOC(=O)CC(O)C(=O)OCC=CC. The highest BCUT2D eigenvalue weighted by atomic mass is 16.6. The molecule has 0 aromatic carbocycles. The summed E-state index contributed by atoms with van der Waals surface area (Å²) in [4.78, 5) is 22.3. The fourth-order valence-electron chi connectivity index (χ4n) is 0.860. The Bertz CT molecular complexity index is 293. The fourth-order valence-corrected chi connectivity index (χ4v) is 0.860. The minimum atomic E-state index is -1.47. The zero-order valence-corrected chi connectivity index (χ0v) is 10.1. The van der Waals surface area contributed by atoms with Crippen molar-refractivity contribution in [2.45, 2.75) is 26.4 Å². The monoisotopic (exact) mass is 242 g/mol.